The molecule has 0 saturated carbocycles. The molecule has 1 aliphatic heterocycles. The Morgan fingerprint density at radius 3 is 2.13 bits per heavy atom. The molecule has 4 aromatic rings. The van der Waals surface area contributed by atoms with Gasteiger partial charge in [-0.3, -0.25) is 13.9 Å². The van der Waals surface area contributed by atoms with Crippen LogP contribution in [0.4, 0.5) is 20.3 Å². The van der Waals surface area contributed by atoms with Crippen molar-refractivity contribution in [2.75, 3.05) is 36.0 Å². The van der Waals surface area contributed by atoms with Crippen LogP contribution < -0.4 is 26.8 Å². The van der Waals surface area contributed by atoms with Crippen LogP contribution in [0.25, 0.3) is 0 Å². The van der Waals surface area contributed by atoms with E-state index in [1.54, 1.807) is 13.1 Å². The predicted octanol–water partition coefficient (Wildman–Crippen LogP) is 3.07. The van der Waals surface area contributed by atoms with Crippen molar-refractivity contribution in [2.45, 2.75) is 26.1 Å². The zero-order valence-corrected chi connectivity index (χ0v) is 21.6. The van der Waals surface area contributed by atoms with Crippen molar-refractivity contribution in [3.8, 4) is 0 Å². The van der Waals surface area contributed by atoms with Crippen molar-refractivity contribution in [3.63, 3.8) is 0 Å². The Bertz CT molecular complexity index is 1540. The first-order valence-corrected chi connectivity index (χ1v) is 12.8. The predicted molar refractivity (Wildman–Crippen MR) is 147 cm³/mol. The van der Waals surface area contributed by atoms with Crippen molar-refractivity contribution in [1.82, 2.24) is 14.1 Å². The van der Waals surface area contributed by atoms with Crippen LogP contribution in [0.5, 0.6) is 0 Å². The fourth-order valence-corrected chi connectivity index (χ4v) is 5.04. The molecule has 3 heterocycles. The van der Waals surface area contributed by atoms with Crippen molar-refractivity contribution in [2.24, 2.45) is 5.73 Å². The summed E-state index contributed by atoms with van der Waals surface area (Å²) in [6.45, 7) is 3.44. The van der Waals surface area contributed by atoms with Crippen molar-refractivity contribution in [3.05, 3.63) is 122 Å². The van der Waals surface area contributed by atoms with Crippen LogP contribution in [0.2, 0.25) is 0 Å². The average molecular weight is 533 g/mol. The summed E-state index contributed by atoms with van der Waals surface area (Å²) in [6.07, 6.45) is 1.73. The van der Waals surface area contributed by atoms with E-state index < -0.39 is 28.9 Å². The van der Waals surface area contributed by atoms with Crippen LogP contribution in [0.15, 0.2) is 82.5 Å². The normalized spacial score (nSPS) is 14.5. The van der Waals surface area contributed by atoms with Crippen LogP contribution in [0, 0.1) is 18.6 Å². The van der Waals surface area contributed by atoms with E-state index in [0.29, 0.717) is 37.6 Å². The molecule has 0 radical (unpaired) electrons. The highest BCUT2D eigenvalue weighted by molar-refractivity contribution is 5.51. The van der Waals surface area contributed by atoms with Crippen molar-refractivity contribution >= 4 is 11.5 Å². The highest BCUT2D eigenvalue weighted by Crippen LogP contribution is 2.21. The van der Waals surface area contributed by atoms with Crippen LogP contribution in [0.3, 0.4) is 0 Å². The smallest absolute Gasteiger partial charge is 0.331 e. The number of halogens is 2. The average Bonchev–Trinajstić information content (AvgIpc) is 2.96. The maximum atomic E-state index is 14.6. The van der Waals surface area contributed by atoms with Gasteiger partial charge in [-0.05, 0) is 36.8 Å². The van der Waals surface area contributed by atoms with Crippen LogP contribution in [0.1, 0.15) is 22.9 Å². The van der Waals surface area contributed by atoms with Gasteiger partial charge in [0.2, 0.25) is 0 Å². The molecule has 1 fully saturated rings. The number of rotatable bonds is 7. The minimum atomic E-state index is -0.759. The summed E-state index contributed by atoms with van der Waals surface area (Å²) in [7, 11) is 0. The van der Waals surface area contributed by atoms with Gasteiger partial charge < -0.3 is 15.5 Å². The van der Waals surface area contributed by atoms with Gasteiger partial charge in [-0.15, -0.1) is 0 Å². The number of nitrogens with two attached hydrogens (primary N) is 1. The molecule has 39 heavy (non-hydrogen) atoms. The fourth-order valence-electron chi connectivity index (χ4n) is 5.04. The molecule has 0 unspecified atom stereocenters. The minimum absolute atomic E-state index is 0.0807. The summed E-state index contributed by atoms with van der Waals surface area (Å²) >= 11 is 0. The van der Waals surface area contributed by atoms with E-state index in [4.69, 9.17) is 5.73 Å². The monoisotopic (exact) mass is 532 g/mol. The molecule has 0 aliphatic carbocycles. The molecule has 0 amide bonds. The number of hydrogen-bond donors (Lipinski definition) is 1. The Balaban J connectivity index is 1.55. The largest absolute Gasteiger partial charge is 0.362 e. The summed E-state index contributed by atoms with van der Waals surface area (Å²) in [6, 6.07) is 17.8. The SMILES string of the molecule is Cc1c(N2CCN(c3ccccn3)CC2)c(=O)n(C[C@@H](N)c2ccccc2)c(=O)n1Cc1c(F)cccc1F. The van der Waals surface area contributed by atoms with Crippen LogP contribution in [-0.2, 0) is 13.1 Å². The Morgan fingerprint density at radius 1 is 0.846 bits per heavy atom. The molecule has 1 saturated heterocycles. The molecule has 202 valence electrons. The molecule has 5 rings (SSSR count). The van der Waals surface area contributed by atoms with Gasteiger partial charge in [0.1, 0.15) is 23.1 Å². The summed E-state index contributed by atoms with van der Waals surface area (Å²) in [5, 5.41) is 0. The van der Waals surface area contributed by atoms with E-state index in [-0.39, 0.29) is 18.7 Å². The maximum absolute atomic E-state index is 14.6. The Kier molecular flexibility index (Phi) is 7.56. The number of nitrogens with zero attached hydrogens (tertiary/aromatic N) is 5. The Morgan fingerprint density at radius 2 is 1.49 bits per heavy atom. The lowest BCUT2D eigenvalue weighted by Crippen LogP contribution is -2.52. The van der Waals surface area contributed by atoms with E-state index in [1.807, 2.05) is 53.4 Å². The van der Waals surface area contributed by atoms with E-state index >= 15 is 0 Å². The Hall–Kier alpha value is -4.31. The molecule has 2 aromatic heterocycles. The quantitative estimate of drug-likeness (QED) is 0.394. The first-order chi connectivity index (χ1) is 18.8. The molecule has 1 aliphatic rings. The van der Waals surface area contributed by atoms with Gasteiger partial charge in [-0.25, -0.2) is 18.6 Å². The summed E-state index contributed by atoms with van der Waals surface area (Å²) in [5.74, 6) is -0.670. The number of anilines is 2. The zero-order chi connectivity index (χ0) is 27.5. The maximum Gasteiger partial charge on any atom is 0.331 e. The molecular formula is C29H30F2N6O2. The molecule has 2 N–H and O–H groups in total. The topological polar surface area (TPSA) is 89.4 Å². The summed E-state index contributed by atoms with van der Waals surface area (Å²) in [4.78, 5) is 36.0. The molecule has 0 bridgehead atoms. The van der Waals surface area contributed by atoms with Gasteiger partial charge in [0.15, 0.2) is 0 Å². The van der Waals surface area contributed by atoms with Gasteiger partial charge in [-0.2, -0.15) is 0 Å². The number of benzene rings is 2. The van der Waals surface area contributed by atoms with Gasteiger partial charge >= 0.3 is 5.69 Å². The van der Waals surface area contributed by atoms with Crippen LogP contribution >= 0.6 is 0 Å². The Labute approximate surface area is 224 Å². The lowest BCUT2D eigenvalue weighted by atomic mass is 10.1. The second kappa shape index (κ2) is 11.2. The van der Waals surface area contributed by atoms with Gasteiger partial charge in [0.05, 0.1) is 13.1 Å². The first kappa shape index (κ1) is 26.3. The second-order valence-electron chi connectivity index (χ2n) is 9.60. The van der Waals surface area contributed by atoms with Gasteiger partial charge in [0.25, 0.3) is 5.56 Å². The second-order valence-corrected chi connectivity index (χ2v) is 9.60. The van der Waals surface area contributed by atoms with E-state index in [9.17, 15) is 18.4 Å². The molecular weight excluding hydrogens is 502 g/mol. The number of hydrogen-bond acceptors (Lipinski definition) is 6. The number of piperazine rings is 1. The first-order valence-electron chi connectivity index (χ1n) is 12.8. The third kappa shape index (κ3) is 5.33. The third-order valence-corrected chi connectivity index (χ3v) is 7.21. The van der Waals surface area contributed by atoms with Crippen molar-refractivity contribution < 1.29 is 8.78 Å². The van der Waals surface area contributed by atoms with Gasteiger partial charge in [0, 0.05) is 49.7 Å². The molecule has 1 atom stereocenters. The van der Waals surface area contributed by atoms with Crippen LogP contribution in [-0.4, -0.2) is 40.3 Å². The summed E-state index contributed by atoms with van der Waals surface area (Å²) in [5.41, 5.74) is 6.47. The molecule has 2 aromatic carbocycles. The minimum Gasteiger partial charge on any atom is -0.362 e. The van der Waals surface area contributed by atoms with E-state index in [2.05, 4.69) is 9.88 Å². The fraction of sp³-hybridized carbons (Fsp3) is 0.276. The summed E-state index contributed by atoms with van der Waals surface area (Å²) < 4.78 is 31.6. The lowest BCUT2D eigenvalue weighted by Gasteiger charge is -2.37. The van der Waals surface area contributed by atoms with E-state index in [0.717, 1.165) is 28.1 Å². The van der Waals surface area contributed by atoms with E-state index in [1.165, 1.54) is 10.6 Å². The third-order valence-electron chi connectivity index (χ3n) is 7.21. The van der Waals surface area contributed by atoms with Crippen molar-refractivity contribution in [1.29, 1.82) is 0 Å². The van der Waals surface area contributed by atoms with Gasteiger partial charge in [-0.1, -0.05) is 42.5 Å². The molecule has 10 heteroatoms. The molecule has 0 spiro atoms. The number of aromatic nitrogens is 3. The number of pyridine rings is 1. The molecule has 8 nitrogen and oxygen atoms in total. The standard InChI is InChI=1S/C29H30F2N6O2/c1-20-27(35-16-14-34(15-17-35)26-12-5-6-13-33-26)28(38)37(19-25(32)21-8-3-2-4-9-21)29(39)36(20)18-22-23(30)10-7-11-24(22)31/h2-13,25H,14-19,32H2,1H3/t25-/m1/s1. The highest BCUT2D eigenvalue weighted by Gasteiger charge is 2.27. The highest BCUT2D eigenvalue weighted by atomic mass is 19.1. The lowest BCUT2D eigenvalue weighted by molar-refractivity contribution is 0.489. The zero-order valence-electron chi connectivity index (χ0n) is 21.6.